The highest BCUT2D eigenvalue weighted by Crippen LogP contribution is 2.41. The Morgan fingerprint density at radius 1 is 0.663 bits per heavy atom. The molecule has 2 aromatic heterocycles. The molecule has 6 N–H and O–H groups in total. The van der Waals surface area contributed by atoms with Crippen LogP contribution in [0.3, 0.4) is 0 Å². The number of nitrogens with one attached hydrogen (secondary N) is 5. The number of methoxy groups -OCH3 is 1. The highest BCUT2D eigenvalue weighted by Gasteiger charge is 2.45. The lowest BCUT2D eigenvalue weighted by atomic mass is 9.86. The molecule has 0 fully saturated rings. The fourth-order valence-corrected chi connectivity index (χ4v) is 10.2. The molecule has 4 aliphatic heterocycles. The van der Waals surface area contributed by atoms with Gasteiger partial charge in [0.1, 0.15) is 26.0 Å². The number of hydrogen-bond acceptors (Lipinski definition) is 23. The van der Waals surface area contributed by atoms with E-state index in [1.54, 1.807) is 20.1 Å². The average Bonchev–Trinajstić information content (AvgIpc) is 1.47. The van der Waals surface area contributed by atoms with Crippen LogP contribution < -0.4 is 36.9 Å². The Morgan fingerprint density at radius 3 is 1.90 bits per heavy atom. The quantitative estimate of drug-likeness (QED) is 0.0192. The van der Waals surface area contributed by atoms with E-state index in [2.05, 4.69) is 26.6 Å². The Labute approximate surface area is 530 Å². The summed E-state index contributed by atoms with van der Waals surface area (Å²) < 4.78 is 76.5. The molecule has 30 nitrogen and oxygen atoms in total. The molecule has 31 heteroatoms. The molecule has 0 radical (unpaired) electrons. The highest BCUT2D eigenvalue weighted by molar-refractivity contribution is 6.12. The molecule has 3 aromatic rings. The van der Waals surface area contributed by atoms with E-state index in [9.17, 15) is 48.3 Å². The number of halogens is 1. The molecule has 6 heterocycles. The summed E-state index contributed by atoms with van der Waals surface area (Å²) >= 11 is 0. The lowest BCUT2D eigenvalue weighted by Gasteiger charge is -2.31. The zero-order chi connectivity index (χ0) is 65.7. The second-order valence-corrected chi connectivity index (χ2v) is 21.5. The van der Waals surface area contributed by atoms with Crippen molar-refractivity contribution in [3.05, 3.63) is 68.8 Å². The number of aromatic nitrogens is 2. The van der Waals surface area contributed by atoms with Gasteiger partial charge in [-0.2, -0.15) is 0 Å². The van der Waals surface area contributed by atoms with Gasteiger partial charge in [0, 0.05) is 112 Å². The van der Waals surface area contributed by atoms with Crippen molar-refractivity contribution in [1.29, 1.82) is 0 Å². The minimum atomic E-state index is -2.00. The Hall–Kier alpha value is -7.59. The maximum atomic E-state index is 15.5. The van der Waals surface area contributed by atoms with Crippen LogP contribution in [0.25, 0.3) is 22.3 Å². The van der Waals surface area contributed by atoms with Gasteiger partial charge in [0.2, 0.25) is 23.6 Å². The average molecular weight is 1300 g/mol. The number of pyridine rings is 2. The summed E-state index contributed by atoms with van der Waals surface area (Å²) in [5, 5.41) is 25.1. The van der Waals surface area contributed by atoms with Gasteiger partial charge in [0.25, 0.3) is 17.4 Å². The van der Waals surface area contributed by atoms with Crippen LogP contribution in [0.15, 0.2) is 35.1 Å². The van der Waals surface area contributed by atoms with Gasteiger partial charge in [-0.3, -0.25) is 43.4 Å². The van der Waals surface area contributed by atoms with Crippen LogP contribution in [0.2, 0.25) is 0 Å². The number of imide groups is 1. The molecule has 4 aliphatic rings. The zero-order valence-corrected chi connectivity index (χ0v) is 52.1. The van der Waals surface area contributed by atoms with E-state index in [0.29, 0.717) is 119 Å². The van der Waals surface area contributed by atoms with Gasteiger partial charge in [0.05, 0.1) is 128 Å². The van der Waals surface area contributed by atoms with E-state index in [0.717, 1.165) is 17.1 Å². The first kappa shape index (κ1) is 71.8. The number of ether oxygens (including phenoxy) is 11. The van der Waals surface area contributed by atoms with Crippen LogP contribution in [0.5, 0.6) is 5.75 Å². The van der Waals surface area contributed by atoms with Crippen LogP contribution in [0.1, 0.15) is 74.1 Å². The number of nitrogens with zero attached hydrogens (tertiary/aromatic N) is 4. The van der Waals surface area contributed by atoms with Crippen LogP contribution in [0.4, 0.5) is 9.18 Å². The van der Waals surface area contributed by atoms with Crippen LogP contribution >= 0.6 is 0 Å². The molecule has 0 spiro atoms. The number of cyclic esters (lactones) is 1. The van der Waals surface area contributed by atoms with E-state index in [1.165, 1.54) is 10.6 Å². The fraction of sp³-hybridized carbons (Fsp3) is 0.607. The summed E-state index contributed by atoms with van der Waals surface area (Å²) in [6, 6.07) is 3.55. The Kier molecular flexibility index (Phi) is 29.5. The number of alkyl carbamates (subject to hydrolysis) is 1. The van der Waals surface area contributed by atoms with Crippen molar-refractivity contribution in [3.63, 3.8) is 0 Å². The number of rotatable bonds is 44. The van der Waals surface area contributed by atoms with Gasteiger partial charge in [-0.15, -0.1) is 0 Å². The van der Waals surface area contributed by atoms with Crippen molar-refractivity contribution in [2.75, 3.05) is 159 Å². The van der Waals surface area contributed by atoms with Gasteiger partial charge in [-0.05, 0) is 37.8 Å². The molecule has 0 aliphatic carbocycles. The Morgan fingerprint density at radius 2 is 1.26 bits per heavy atom. The first-order valence-electron chi connectivity index (χ1n) is 30.9. The Bertz CT molecular complexity index is 3100. The monoisotopic (exact) mass is 1300 g/mol. The molecule has 2 atom stereocenters. The molecule has 0 saturated heterocycles. The second-order valence-electron chi connectivity index (χ2n) is 21.5. The van der Waals surface area contributed by atoms with Crippen molar-refractivity contribution in [2.24, 2.45) is 0 Å². The SMILES string of the molecule is CC[C@@]1(O)C(=O)OCc2c1cc1n(c2=O)Cc2cc3c4c(c(F)cc3nc2-1)OCN(CCOC(=O)NCCNC(=O)CCCNC(=O)[C@H](CCC(=O)NCCOCCOCCOCCOCCOCCOCCOCCOC)NC(=O)CCCN1C(=O)C=CC1=O)C4. The molecule has 506 valence electrons. The molecule has 0 unspecified atom stereocenters. The fourth-order valence-electron chi connectivity index (χ4n) is 10.2. The summed E-state index contributed by atoms with van der Waals surface area (Å²) in [6.07, 6.45) is 1.59. The first-order chi connectivity index (χ1) is 44.6. The van der Waals surface area contributed by atoms with Gasteiger partial charge < -0.3 is 88.4 Å². The predicted molar refractivity (Wildman–Crippen MR) is 322 cm³/mol. The molecular weight excluding hydrogens is 1210 g/mol. The number of fused-ring (bicyclic) bond motifs is 7. The highest BCUT2D eigenvalue weighted by atomic mass is 19.1. The number of hydrogen-bond donors (Lipinski definition) is 6. The molecule has 0 bridgehead atoms. The lowest BCUT2D eigenvalue weighted by Crippen LogP contribution is -2.47. The van der Waals surface area contributed by atoms with Crippen molar-refractivity contribution in [1.82, 2.24) is 45.9 Å². The van der Waals surface area contributed by atoms with Gasteiger partial charge >= 0.3 is 12.1 Å². The molecule has 1 aromatic carbocycles. The summed E-state index contributed by atoms with van der Waals surface area (Å²) in [7, 11) is 1.62. The van der Waals surface area contributed by atoms with E-state index >= 15 is 4.39 Å². The molecule has 7 amide bonds. The van der Waals surface area contributed by atoms with E-state index in [4.69, 9.17) is 57.1 Å². The van der Waals surface area contributed by atoms with E-state index in [-0.39, 0.29) is 159 Å². The minimum absolute atomic E-state index is 0.00334. The summed E-state index contributed by atoms with van der Waals surface area (Å²) in [6.45, 7) is 8.44. The van der Waals surface area contributed by atoms with Crippen molar-refractivity contribution < 1.29 is 100.0 Å². The Balaban J connectivity index is 0.728. The summed E-state index contributed by atoms with van der Waals surface area (Å²) in [4.78, 5) is 122. The molecule has 0 saturated carbocycles. The summed E-state index contributed by atoms with van der Waals surface area (Å²) in [5.41, 5.74) is 0.237. The maximum Gasteiger partial charge on any atom is 0.407 e. The van der Waals surface area contributed by atoms with Crippen LogP contribution in [-0.4, -0.2) is 237 Å². The maximum absolute atomic E-state index is 15.5. The van der Waals surface area contributed by atoms with Gasteiger partial charge in [0.15, 0.2) is 17.2 Å². The predicted octanol–water partition coefficient (Wildman–Crippen LogP) is -0.0416. The normalized spacial score (nSPS) is 15.9. The van der Waals surface area contributed by atoms with Gasteiger partial charge in [-0.25, -0.2) is 19.0 Å². The number of carbonyl (C=O) groups excluding carboxylic acids is 8. The van der Waals surface area contributed by atoms with E-state index in [1.807, 2.05) is 11.0 Å². The lowest BCUT2D eigenvalue weighted by molar-refractivity contribution is -0.172. The third-order valence-corrected chi connectivity index (χ3v) is 15.1. The number of aliphatic hydroxyl groups is 1. The van der Waals surface area contributed by atoms with Crippen LogP contribution in [-0.2, 0) is 106 Å². The van der Waals surface area contributed by atoms with E-state index < -0.39 is 58.7 Å². The minimum Gasteiger partial charge on any atom is -0.475 e. The number of carbonyl (C=O) groups is 8. The summed E-state index contributed by atoms with van der Waals surface area (Å²) in [5.74, 6) is -4.25. The zero-order valence-electron chi connectivity index (χ0n) is 52.1. The standard InChI is InChI=1S/C61H84FN9O21/c1-3-61(81)45-35-49-55-41(37-71(49)58(78)44(45)39-91-59(61)79)34-42-43-38-69(40-92-56(43)46(62)36-48(42)68-55)17-19-90-60(80)66-14-13-63-50(72)6-4-12-65-57(77)47(67-52(74)7-5-16-70-53(75)10-11-54(70)76)8-9-51(73)64-15-18-83-22-23-85-26-27-87-30-31-89-33-32-88-29-28-86-25-24-84-21-20-82-2/h10-11,34-36,47,81H,3-9,12-33,37-40H2,1-2H3,(H,63,72)(H,64,73)(H,65,77)(H,66,80)(H,67,74)/t47-,61-/m0/s1. The second kappa shape index (κ2) is 37.8. The number of amides is 7. The number of benzene rings is 1. The number of esters is 1. The van der Waals surface area contributed by atoms with Crippen molar-refractivity contribution in [2.45, 2.75) is 83.2 Å². The third kappa shape index (κ3) is 21.5. The topological polar surface area (TPSA) is 360 Å². The molecule has 92 heavy (non-hydrogen) atoms. The third-order valence-electron chi connectivity index (χ3n) is 15.1. The van der Waals surface area contributed by atoms with Crippen molar-refractivity contribution in [3.8, 4) is 17.1 Å². The first-order valence-corrected chi connectivity index (χ1v) is 30.9. The van der Waals surface area contributed by atoms with Gasteiger partial charge in [-0.1, -0.05) is 6.92 Å². The molecule has 7 rings (SSSR count). The van der Waals surface area contributed by atoms with Crippen molar-refractivity contribution >= 4 is 58.4 Å². The molecular formula is C61H84FN9O21. The largest absolute Gasteiger partial charge is 0.475 e. The van der Waals surface area contributed by atoms with Crippen LogP contribution in [0, 0.1) is 5.82 Å². The smallest absolute Gasteiger partial charge is 0.407 e.